The number of carbonyl (C=O) groups is 2. The minimum absolute atomic E-state index is 0.0828. The van der Waals surface area contributed by atoms with Crippen LogP contribution >= 0.6 is 0 Å². The van der Waals surface area contributed by atoms with E-state index in [1.807, 2.05) is 51.1 Å². The van der Waals surface area contributed by atoms with Crippen LogP contribution in [0.3, 0.4) is 0 Å². The van der Waals surface area contributed by atoms with Crippen molar-refractivity contribution in [1.82, 2.24) is 0 Å². The van der Waals surface area contributed by atoms with Gasteiger partial charge >= 0.3 is 11.9 Å². The van der Waals surface area contributed by atoms with E-state index in [1.54, 1.807) is 12.1 Å². The highest BCUT2D eigenvalue weighted by atomic mass is 16.4. The zero-order valence-electron chi connectivity index (χ0n) is 22.6. The van der Waals surface area contributed by atoms with E-state index >= 15 is 0 Å². The number of hydrogen-bond acceptors (Lipinski definition) is 2. The second kappa shape index (κ2) is 8.98. The molecule has 0 saturated carbocycles. The van der Waals surface area contributed by atoms with E-state index in [4.69, 9.17) is 0 Å². The highest BCUT2D eigenvalue weighted by Crippen LogP contribution is 2.52. The monoisotopic (exact) mass is 504 g/mol. The van der Waals surface area contributed by atoms with E-state index in [1.165, 1.54) is 5.56 Å². The third kappa shape index (κ3) is 4.10. The molecule has 1 aliphatic rings. The van der Waals surface area contributed by atoms with E-state index in [0.29, 0.717) is 11.1 Å². The Morgan fingerprint density at radius 3 is 1.97 bits per heavy atom. The van der Waals surface area contributed by atoms with Gasteiger partial charge in [0.1, 0.15) is 0 Å². The van der Waals surface area contributed by atoms with Gasteiger partial charge in [-0.2, -0.15) is 0 Å². The van der Waals surface area contributed by atoms with Gasteiger partial charge in [-0.1, -0.05) is 86.5 Å². The summed E-state index contributed by atoms with van der Waals surface area (Å²) in [6.07, 6.45) is 0. The maximum absolute atomic E-state index is 12.5. The van der Waals surface area contributed by atoms with Gasteiger partial charge in [-0.05, 0) is 88.1 Å². The van der Waals surface area contributed by atoms with Crippen LogP contribution in [-0.4, -0.2) is 22.2 Å². The highest BCUT2D eigenvalue weighted by molar-refractivity contribution is 6.12. The number of allylic oxidation sites excluding steroid dienone is 2. The van der Waals surface area contributed by atoms with Crippen LogP contribution < -0.4 is 0 Å². The maximum atomic E-state index is 12.5. The smallest absolute Gasteiger partial charge is 0.336 e. The summed E-state index contributed by atoms with van der Waals surface area (Å²) in [7, 11) is 0. The molecule has 0 bridgehead atoms. The van der Waals surface area contributed by atoms with Crippen molar-refractivity contribution in [3.05, 3.63) is 117 Å². The molecule has 4 aromatic carbocycles. The van der Waals surface area contributed by atoms with Crippen LogP contribution in [0, 0.1) is 13.8 Å². The molecule has 4 heteroatoms. The summed E-state index contributed by atoms with van der Waals surface area (Å²) >= 11 is 0. The van der Waals surface area contributed by atoms with Gasteiger partial charge in [0.2, 0.25) is 0 Å². The van der Waals surface area contributed by atoms with Crippen molar-refractivity contribution in [1.29, 1.82) is 0 Å². The molecule has 0 fully saturated rings. The first-order valence-corrected chi connectivity index (χ1v) is 12.8. The largest absolute Gasteiger partial charge is 0.478 e. The van der Waals surface area contributed by atoms with Crippen molar-refractivity contribution >= 4 is 33.9 Å². The molecule has 0 aromatic heterocycles. The Morgan fingerprint density at radius 1 is 0.711 bits per heavy atom. The number of carboxylic acid groups (broad SMARTS) is 2. The van der Waals surface area contributed by atoms with Crippen LogP contribution in [0.15, 0.2) is 66.7 Å². The first-order chi connectivity index (χ1) is 17.9. The summed E-state index contributed by atoms with van der Waals surface area (Å²) in [5.41, 5.74) is 8.60. The average Bonchev–Trinajstić information content (AvgIpc) is 2.84. The maximum Gasteiger partial charge on any atom is 0.336 e. The first-order valence-electron chi connectivity index (χ1n) is 12.8. The summed E-state index contributed by atoms with van der Waals surface area (Å²) in [6, 6.07) is 21.4. The molecule has 0 amide bonds. The fraction of sp³-hybridized carbons (Fsp3) is 0.235. The molecule has 4 nitrogen and oxygen atoms in total. The van der Waals surface area contributed by atoms with Crippen LogP contribution in [0.2, 0.25) is 0 Å². The SMILES string of the molecule is CC1=C(c2cc(C)ccc2C(=O)O)C(c2cc(C)ccc2C(=O)O)c2cccc3cc(C(C)(C)C)cc1c23. The van der Waals surface area contributed by atoms with Crippen molar-refractivity contribution in [2.24, 2.45) is 0 Å². The Hall–Kier alpha value is -4.18. The molecular formula is C34H32O4. The van der Waals surface area contributed by atoms with Gasteiger partial charge in [-0.3, -0.25) is 0 Å². The Kier molecular flexibility index (Phi) is 6.02. The molecule has 192 valence electrons. The molecule has 0 aliphatic heterocycles. The lowest BCUT2D eigenvalue weighted by Gasteiger charge is -2.34. The average molecular weight is 505 g/mol. The third-order valence-electron chi connectivity index (χ3n) is 7.73. The number of benzene rings is 4. The topological polar surface area (TPSA) is 74.6 Å². The molecule has 1 atom stereocenters. The number of aromatic carboxylic acids is 2. The van der Waals surface area contributed by atoms with Crippen molar-refractivity contribution in [3.63, 3.8) is 0 Å². The number of carboxylic acids is 2. The summed E-state index contributed by atoms with van der Waals surface area (Å²) in [4.78, 5) is 24.9. The summed E-state index contributed by atoms with van der Waals surface area (Å²) in [5, 5.41) is 22.6. The van der Waals surface area contributed by atoms with Gasteiger partial charge < -0.3 is 10.2 Å². The molecule has 2 N–H and O–H groups in total. The first kappa shape index (κ1) is 25.5. The molecule has 5 rings (SSSR count). The van der Waals surface area contributed by atoms with Gasteiger partial charge in [0.25, 0.3) is 0 Å². The molecule has 38 heavy (non-hydrogen) atoms. The Balaban J connectivity index is 1.99. The van der Waals surface area contributed by atoms with Crippen LogP contribution in [0.1, 0.15) is 93.3 Å². The Bertz CT molecular complexity index is 1680. The summed E-state index contributed by atoms with van der Waals surface area (Å²) < 4.78 is 0. The fourth-order valence-electron chi connectivity index (χ4n) is 5.81. The van der Waals surface area contributed by atoms with Crippen LogP contribution in [0.5, 0.6) is 0 Å². The van der Waals surface area contributed by atoms with Crippen molar-refractivity contribution in [2.45, 2.75) is 52.9 Å². The molecule has 0 radical (unpaired) electrons. The van der Waals surface area contributed by atoms with Gasteiger partial charge in [0.15, 0.2) is 0 Å². The molecular weight excluding hydrogens is 472 g/mol. The molecule has 0 heterocycles. The van der Waals surface area contributed by atoms with Crippen LogP contribution in [0.4, 0.5) is 0 Å². The predicted octanol–water partition coefficient (Wildman–Crippen LogP) is 8.23. The van der Waals surface area contributed by atoms with E-state index < -0.39 is 17.9 Å². The minimum Gasteiger partial charge on any atom is -0.478 e. The number of hydrogen-bond donors (Lipinski definition) is 2. The van der Waals surface area contributed by atoms with Gasteiger partial charge in [-0.25, -0.2) is 9.59 Å². The standard InChI is InChI=1S/C34H32O4/c1-18-10-12-23(32(35)36)27(14-18)29-20(3)26-17-22(34(4,5)6)16-21-8-7-9-25(30(21)26)31(29)28-15-19(2)11-13-24(28)33(37)38/h7-17,31H,1-6H3,(H,35,36)(H,37,38). The Morgan fingerprint density at radius 2 is 1.34 bits per heavy atom. The normalized spacial score (nSPS) is 15.2. The van der Waals surface area contributed by atoms with Crippen molar-refractivity contribution in [2.75, 3.05) is 0 Å². The summed E-state index contributed by atoms with van der Waals surface area (Å²) in [5.74, 6) is -2.45. The van der Waals surface area contributed by atoms with Gasteiger partial charge in [0.05, 0.1) is 11.1 Å². The second-order valence-electron chi connectivity index (χ2n) is 11.4. The second-order valence-corrected chi connectivity index (χ2v) is 11.4. The lowest BCUT2D eigenvalue weighted by molar-refractivity contribution is 0.0684. The van der Waals surface area contributed by atoms with E-state index in [2.05, 4.69) is 45.0 Å². The minimum atomic E-state index is -1.01. The molecule has 1 unspecified atom stereocenters. The van der Waals surface area contributed by atoms with Crippen LogP contribution in [-0.2, 0) is 5.41 Å². The zero-order valence-corrected chi connectivity index (χ0v) is 22.6. The van der Waals surface area contributed by atoms with Gasteiger partial charge in [-0.15, -0.1) is 0 Å². The number of rotatable bonds is 4. The lowest BCUT2D eigenvalue weighted by atomic mass is 9.69. The predicted molar refractivity (Wildman–Crippen MR) is 153 cm³/mol. The highest BCUT2D eigenvalue weighted by Gasteiger charge is 2.35. The fourth-order valence-corrected chi connectivity index (χ4v) is 5.81. The number of aryl methyl sites for hydroxylation is 2. The van der Waals surface area contributed by atoms with Crippen molar-refractivity contribution < 1.29 is 19.8 Å². The van der Waals surface area contributed by atoms with E-state index in [0.717, 1.165) is 44.2 Å². The summed E-state index contributed by atoms with van der Waals surface area (Å²) in [6.45, 7) is 12.5. The quantitative estimate of drug-likeness (QED) is 0.294. The molecule has 1 aliphatic carbocycles. The third-order valence-corrected chi connectivity index (χ3v) is 7.73. The zero-order chi connectivity index (χ0) is 27.5. The lowest BCUT2D eigenvalue weighted by Crippen LogP contribution is -2.18. The van der Waals surface area contributed by atoms with E-state index in [9.17, 15) is 19.8 Å². The van der Waals surface area contributed by atoms with Crippen LogP contribution in [0.25, 0.3) is 21.9 Å². The van der Waals surface area contributed by atoms with Crippen molar-refractivity contribution in [3.8, 4) is 0 Å². The molecule has 0 saturated heterocycles. The molecule has 4 aromatic rings. The van der Waals surface area contributed by atoms with E-state index in [-0.39, 0.29) is 16.5 Å². The molecule has 0 spiro atoms. The Labute approximate surface area is 223 Å². The van der Waals surface area contributed by atoms with Gasteiger partial charge in [0, 0.05) is 5.92 Å².